The number of anilines is 2. The zero-order valence-electron chi connectivity index (χ0n) is 15.4. The average Bonchev–Trinajstić information content (AvgIpc) is 3.43. The van der Waals surface area contributed by atoms with E-state index in [1.54, 1.807) is 6.07 Å². The van der Waals surface area contributed by atoms with Gasteiger partial charge in [0.05, 0.1) is 13.1 Å². The monoisotopic (exact) mass is 358 g/mol. The molecule has 0 radical (unpaired) electrons. The van der Waals surface area contributed by atoms with E-state index < -0.39 is 0 Å². The molecule has 1 aromatic rings. The molecule has 6 nitrogen and oxygen atoms in total. The van der Waals surface area contributed by atoms with E-state index in [1.165, 1.54) is 38.5 Å². The molecule has 0 unspecified atom stereocenters. The third kappa shape index (κ3) is 6.77. The lowest BCUT2D eigenvalue weighted by atomic mass is 10.2. The standard InChI is InChI=1S/C20H30N4O2/c25-19(14-21-13-16-8-9-16)22-17-6-5-7-18(12-17)23-20(26)15-24-10-3-1-2-4-11-24/h5-7,12,16,21H,1-4,8-11,13-15H2,(H,22,25)(H,23,26). The zero-order chi connectivity index (χ0) is 18.2. The molecule has 0 spiro atoms. The Labute approximate surface area is 155 Å². The van der Waals surface area contributed by atoms with Crippen LogP contribution >= 0.6 is 0 Å². The van der Waals surface area contributed by atoms with Gasteiger partial charge in [-0.25, -0.2) is 0 Å². The van der Waals surface area contributed by atoms with Gasteiger partial charge >= 0.3 is 0 Å². The van der Waals surface area contributed by atoms with Gasteiger partial charge in [-0.05, 0) is 69.4 Å². The first-order chi connectivity index (χ1) is 12.7. The van der Waals surface area contributed by atoms with Crippen LogP contribution in [0, 0.1) is 5.92 Å². The molecule has 2 amide bonds. The van der Waals surface area contributed by atoms with E-state index in [-0.39, 0.29) is 11.8 Å². The minimum Gasteiger partial charge on any atom is -0.325 e. The highest BCUT2D eigenvalue weighted by atomic mass is 16.2. The van der Waals surface area contributed by atoms with Gasteiger partial charge < -0.3 is 16.0 Å². The quantitative estimate of drug-likeness (QED) is 0.667. The molecule has 26 heavy (non-hydrogen) atoms. The van der Waals surface area contributed by atoms with Crippen LogP contribution in [0.3, 0.4) is 0 Å². The second-order valence-corrected chi connectivity index (χ2v) is 7.44. The maximum absolute atomic E-state index is 12.3. The van der Waals surface area contributed by atoms with Gasteiger partial charge in [0.2, 0.25) is 11.8 Å². The summed E-state index contributed by atoms with van der Waals surface area (Å²) in [4.78, 5) is 26.5. The Bertz CT molecular complexity index is 608. The molecule has 1 aromatic carbocycles. The molecule has 1 saturated carbocycles. The number of likely N-dealkylation sites (tertiary alicyclic amines) is 1. The predicted molar refractivity (Wildman–Crippen MR) is 104 cm³/mol. The number of rotatable bonds is 8. The summed E-state index contributed by atoms with van der Waals surface area (Å²) < 4.78 is 0. The molecule has 0 bridgehead atoms. The van der Waals surface area contributed by atoms with Crippen molar-refractivity contribution in [3.05, 3.63) is 24.3 Å². The molecular weight excluding hydrogens is 328 g/mol. The molecule has 1 aliphatic carbocycles. The highest BCUT2D eigenvalue weighted by molar-refractivity contribution is 5.95. The summed E-state index contributed by atoms with van der Waals surface area (Å²) in [7, 11) is 0. The van der Waals surface area contributed by atoms with Gasteiger partial charge in [0.15, 0.2) is 0 Å². The number of hydrogen-bond donors (Lipinski definition) is 3. The minimum atomic E-state index is -0.0568. The summed E-state index contributed by atoms with van der Waals surface area (Å²) in [6, 6.07) is 7.33. The van der Waals surface area contributed by atoms with Crippen LogP contribution in [0.4, 0.5) is 11.4 Å². The zero-order valence-corrected chi connectivity index (χ0v) is 15.4. The van der Waals surface area contributed by atoms with Crippen molar-refractivity contribution >= 4 is 23.2 Å². The molecule has 1 saturated heterocycles. The van der Waals surface area contributed by atoms with Crippen LogP contribution in [0.1, 0.15) is 38.5 Å². The Morgan fingerprint density at radius 3 is 2.27 bits per heavy atom. The predicted octanol–water partition coefficient (Wildman–Crippen LogP) is 2.44. The van der Waals surface area contributed by atoms with Gasteiger partial charge in [0.1, 0.15) is 0 Å². The lowest BCUT2D eigenvalue weighted by Gasteiger charge is -2.19. The molecule has 3 rings (SSSR count). The van der Waals surface area contributed by atoms with Crippen LogP contribution in [-0.2, 0) is 9.59 Å². The number of hydrogen-bond acceptors (Lipinski definition) is 4. The molecule has 3 N–H and O–H groups in total. The minimum absolute atomic E-state index is 0.00137. The molecule has 1 heterocycles. The Hall–Kier alpha value is -1.92. The van der Waals surface area contributed by atoms with Crippen LogP contribution in [0.25, 0.3) is 0 Å². The maximum atomic E-state index is 12.3. The van der Waals surface area contributed by atoms with Crippen molar-refractivity contribution in [2.75, 3.05) is 43.4 Å². The highest BCUT2D eigenvalue weighted by Gasteiger charge is 2.20. The SMILES string of the molecule is O=C(CNCC1CC1)Nc1cccc(NC(=O)CN2CCCCCC2)c1. The number of carbonyl (C=O) groups is 2. The number of amides is 2. The fourth-order valence-corrected chi connectivity index (χ4v) is 3.29. The van der Waals surface area contributed by atoms with Gasteiger partial charge in [-0.1, -0.05) is 18.9 Å². The molecule has 142 valence electrons. The summed E-state index contributed by atoms with van der Waals surface area (Å²) in [5.41, 5.74) is 1.42. The van der Waals surface area contributed by atoms with E-state index in [0.717, 1.165) is 25.6 Å². The second-order valence-electron chi connectivity index (χ2n) is 7.44. The van der Waals surface area contributed by atoms with E-state index in [4.69, 9.17) is 0 Å². The Morgan fingerprint density at radius 2 is 1.62 bits per heavy atom. The normalized spacial score (nSPS) is 18.2. The Balaban J connectivity index is 1.43. The van der Waals surface area contributed by atoms with E-state index in [1.807, 2.05) is 18.2 Å². The highest BCUT2D eigenvalue weighted by Crippen LogP contribution is 2.27. The van der Waals surface area contributed by atoms with Crippen molar-refractivity contribution < 1.29 is 9.59 Å². The summed E-state index contributed by atoms with van der Waals surface area (Å²) in [6.07, 6.45) is 7.40. The summed E-state index contributed by atoms with van der Waals surface area (Å²) in [5, 5.41) is 9.00. The van der Waals surface area contributed by atoms with Gasteiger partial charge in [0.25, 0.3) is 0 Å². The largest absolute Gasteiger partial charge is 0.325 e. The summed E-state index contributed by atoms with van der Waals surface area (Å²) in [5.74, 6) is 0.700. The summed E-state index contributed by atoms with van der Waals surface area (Å²) in [6.45, 7) is 3.67. The fraction of sp³-hybridized carbons (Fsp3) is 0.600. The third-order valence-corrected chi connectivity index (χ3v) is 4.91. The maximum Gasteiger partial charge on any atom is 0.238 e. The van der Waals surface area contributed by atoms with Gasteiger partial charge in [-0.15, -0.1) is 0 Å². The van der Waals surface area contributed by atoms with E-state index in [2.05, 4.69) is 20.9 Å². The van der Waals surface area contributed by atoms with Gasteiger partial charge in [-0.2, -0.15) is 0 Å². The molecule has 0 aromatic heterocycles. The molecule has 2 aliphatic rings. The van der Waals surface area contributed by atoms with Crippen molar-refractivity contribution in [1.82, 2.24) is 10.2 Å². The second kappa shape index (κ2) is 9.69. The smallest absolute Gasteiger partial charge is 0.238 e. The molecule has 6 heteroatoms. The van der Waals surface area contributed by atoms with Crippen LogP contribution in [-0.4, -0.2) is 49.4 Å². The van der Waals surface area contributed by atoms with Crippen LogP contribution in [0.15, 0.2) is 24.3 Å². The van der Waals surface area contributed by atoms with Crippen molar-refractivity contribution in [1.29, 1.82) is 0 Å². The van der Waals surface area contributed by atoms with E-state index >= 15 is 0 Å². The van der Waals surface area contributed by atoms with Crippen LogP contribution in [0.2, 0.25) is 0 Å². The summed E-state index contributed by atoms with van der Waals surface area (Å²) >= 11 is 0. The Kier molecular flexibility index (Phi) is 7.03. The van der Waals surface area contributed by atoms with E-state index in [9.17, 15) is 9.59 Å². The van der Waals surface area contributed by atoms with Crippen molar-refractivity contribution in [2.45, 2.75) is 38.5 Å². The molecule has 0 atom stereocenters. The van der Waals surface area contributed by atoms with Crippen LogP contribution in [0.5, 0.6) is 0 Å². The number of benzene rings is 1. The van der Waals surface area contributed by atoms with Crippen LogP contribution < -0.4 is 16.0 Å². The molecular formula is C20H30N4O2. The van der Waals surface area contributed by atoms with E-state index in [0.29, 0.717) is 24.5 Å². The fourth-order valence-electron chi connectivity index (χ4n) is 3.29. The van der Waals surface area contributed by atoms with Gasteiger partial charge in [-0.3, -0.25) is 14.5 Å². The first-order valence-electron chi connectivity index (χ1n) is 9.82. The first-order valence-corrected chi connectivity index (χ1v) is 9.82. The van der Waals surface area contributed by atoms with Crippen molar-refractivity contribution in [3.63, 3.8) is 0 Å². The Morgan fingerprint density at radius 1 is 0.962 bits per heavy atom. The average molecular weight is 358 g/mol. The molecule has 2 fully saturated rings. The topological polar surface area (TPSA) is 73.5 Å². The number of nitrogens with zero attached hydrogens (tertiary/aromatic N) is 1. The first kappa shape index (κ1) is 18.9. The van der Waals surface area contributed by atoms with Crippen molar-refractivity contribution in [3.8, 4) is 0 Å². The number of nitrogens with one attached hydrogen (secondary N) is 3. The lowest BCUT2D eigenvalue weighted by molar-refractivity contribution is -0.117. The van der Waals surface area contributed by atoms with Crippen molar-refractivity contribution in [2.24, 2.45) is 5.92 Å². The lowest BCUT2D eigenvalue weighted by Crippen LogP contribution is -2.34. The number of carbonyl (C=O) groups excluding carboxylic acids is 2. The third-order valence-electron chi connectivity index (χ3n) is 4.91. The molecule has 1 aliphatic heterocycles. The van der Waals surface area contributed by atoms with Gasteiger partial charge in [0, 0.05) is 11.4 Å².